The Bertz CT molecular complexity index is 1420. The van der Waals surface area contributed by atoms with E-state index in [1.54, 1.807) is 0 Å². The van der Waals surface area contributed by atoms with Gasteiger partial charge in [-0.05, 0) is 71.2 Å². The molecular weight excluding hydrogens is 514 g/mol. The SMILES string of the molecule is COC(=O)C(O)C(OCCCCCc1ccc2ccccc2c1)C(=O)NCCCCCc1ccc2ccccc2c1. The van der Waals surface area contributed by atoms with Gasteiger partial charge in [-0.2, -0.15) is 0 Å². The molecule has 2 atom stereocenters. The fraction of sp³-hybridized carbons (Fsp3) is 0.371. The van der Waals surface area contributed by atoms with E-state index in [0.717, 1.165) is 51.4 Å². The number of unbranched alkanes of at least 4 members (excludes halogenated alkanes) is 4. The first kappa shape index (κ1) is 30.2. The van der Waals surface area contributed by atoms with Crippen molar-refractivity contribution in [3.63, 3.8) is 0 Å². The summed E-state index contributed by atoms with van der Waals surface area (Å²) in [7, 11) is 1.18. The number of amides is 1. The van der Waals surface area contributed by atoms with Gasteiger partial charge in [0.2, 0.25) is 0 Å². The fourth-order valence-corrected chi connectivity index (χ4v) is 5.10. The van der Waals surface area contributed by atoms with Gasteiger partial charge in [0, 0.05) is 13.2 Å². The molecule has 6 heteroatoms. The Kier molecular flexibility index (Phi) is 11.7. The van der Waals surface area contributed by atoms with Crippen LogP contribution >= 0.6 is 0 Å². The smallest absolute Gasteiger partial charge is 0.338 e. The van der Waals surface area contributed by atoms with E-state index in [9.17, 15) is 14.7 Å². The van der Waals surface area contributed by atoms with E-state index in [1.807, 2.05) is 18.2 Å². The number of aliphatic hydroxyl groups excluding tert-OH is 1. The molecule has 216 valence electrons. The van der Waals surface area contributed by atoms with Crippen LogP contribution in [-0.4, -0.2) is 49.5 Å². The van der Waals surface area contributed by atoms with Crippen molar-refractivity contribution in [2.75, 3.05) is 20.3 Å². The Morgan fingerprint density at radius 3 is 1.80 bits per heavy atom. The second-order valence-electron chi connectivity index (χ2n) is 10.5. The molecule has 4 aromatic rings. The summed E-state index contributed by atoms with van der Waals surface area (Å²) in [5.74, 6) is -1.37. The minimum Gasteiger partial charge on any atom is -0.467 e. The van der Waals surface area contributed by atoms with Gasteiger partial charge in [0.05, 0.1) is 7.11 Å². The number of methoxy groups -OCH3 is 1. The van der Waals surface area contributed by atoms with Gasteiger partial charge < -0.3 is 19.9 Å². The highest BCUT2D eigenvalue weighted by Gasteiger charge is 2.33. The Labute approximate surface area is 242 Å². The van der Waals surface area contributed by atoms with Crippen LogP contribution in [0.3, 0.4) is 0 Å². The molecule has 0 spiro atoms. The number of aryl methyl sites for hydroxylation is 2. The third-order valence-electron chi connectivity index (χ3n) is 7.46. The summed E-state index contributed by atoms with van der Waals surface area (Å²) in [5.41, 5.74) is 2.60. The lowest BCUT2D eigenvalue weighted by Crippen LogP contribution is -2.48. The van der Waals surface area contributed by atoms with Crippen LogP contribution in [0.1, 0.15) is 49.7 Å². The summed E-state index contributed by atoms with van der Waals surface area (Å²) in [4.78, 5) is 24.7. The average Bonchev–Trinajstić information content (AvgIpc) is 3.01. The summed E-state index contributed by atoms with van der Waals surface area (Å²) in [5, 5.41) is 18.2. The Hall–Kier alpha value is -3.74. The lowest BCUT2D eigenvalue weighted by atomic mass is 10.0. The van der Waals surface area contributed by atoms with Crippen molar-refractivity contribution in [1.82, 2.24) is 5.32 Å². The molecular formula is C35H41NO5. The molecule has 4 rings (SSSR count). The quantitative estimate of drug-likeness (QED) is 0.128. The summed E-state index contributed by atoms with van der Waals surface area (Å²) in [6.07, 6.45) is 4.37. The highest BCUT2D eigenvalue weighted by atomic mass is 16.6. The van der Waals surface area contributed by atoms with Gasteiger partial charge in [0.25, 0.3) is 5.91 Å². The zero-order valence-corrected chi connectivity index (χ0v) is 23.9. The van der Waals surface area contributed by atoms with Crippen molar-refractivity contribution in [2.24, 2.45) is 0 Å². The minimum atomic E-state index is -1.66. The Balaban J connectivity index is 1.14. The van der Waals surface area contributed by atoms with Gasteiger partial charge in [-0.25, -0.2) is 4.79 Å². The number of esters is 1. The van der Waals surface area contributed by atoms with Crippen LogP contribution in [0.15, 0.2) is 84.9 Å². The van der Waals surface area contributed by atoms with Crippen molar-refractivity contribution < 1.29 is 24.2 Å². The normalized spacial score (nSPS) is 12.7. The van der Waals surface area contributed by atoms with E-state index in [1.165, 1.54) is 39.8 Å². The van der Waals surface area contributed by atoms with E-state index < -0.39 is 24.1 Å². The predicted octanol–water partition coefficient (Wildman–Crippen LogP) is 6.15. The molecule has 4 aromatic carbocycles. The van der Waals surface area contributed by atoms with Gasteiger partial charge in [0.1, 0.15) is 0 Å². The molecule has 0 heterocycles. The third-order valence-corrected chi connectivity index (χ3v) is 7.46. The second-order valence-corrected chi connectivity index (χ2v) is 10.5. The van der Waals surface area contributed by atoms with Crippen LogP contribution in [0, 0.1) is 0 Å². The van der Waals surface area contributed by atoms with Crippen LogP contribution in [0.2, 0.25) is 0 Å². The summed E-state index contributed by atoms with van der Waals surface area (Å²) >= 11 is 0. The maximum Gasteiger partial charge on any atom is 0.338 e. The van der Waals surface area contributed by atoms with Crippen LogP contribution in [0.25, 0.3) is 21.5 Å². The van der Waals surface area contributed by atoms with Crippen molar-refractivity contribution in [3.8, 4) is 0 Å². The number of nitrogens with one attached hydrogen (secondary N) is 1. The number of hydrogen-bond donors (Lipinski definition) is 2. The van der Waals surface area contributed by atoms with E-state index in [-0.39, 0.29) is 6.61 Å². The maximum atomic E-state index is 12.8. The van der Waals surface area contributed by atoms with E-state index >= 15 is 0 Å². The molecule has 0 bridgehead atoms. The molecule has 0 fully saturated rings. The molecule has 0 radical (unpaired) electrons. The molecule has 0 aliphatic carbocycles. The van der Waals surface area contributed by atoms with Gasteiger partial charge in [-0.3, -0.25) is 4.79 Å². The standard InChI is InChI=1S/C35H41NO5/c1-40-35(39)32(37)33(41-23-11-3-5-13-27-19-21-29-15-7-9-17-31(29)25-27)34(38)36-22-10-2-4-12-26-18-20-28-14-6-8-16-30(28)24-26/h6-9,14-21,24-25,32-33,37H,2-5,10-13,22-23H2,1H3,(H,36,38). The number of fused-ring (bicyclic) bond motifs is 2. The topological polar surface area (TPSA) is 84.9 Å². The number of ether oxygens (including phenoxy) is 2. The van der Waals surface area contributed by atoms with E-state index in [0.29, 0.717) is 6.54 Å². The summed E-state index contributed by atoms with van der Waals surface area (Å²) < 4.78 is 10.4. The molecule has 0 saturated heterocycles. The number of hydrogen-bond acceptors (Lipinski definition) is 5. The molecule has 0 aliphatic rings. The van der Waals surface area contributed by atoms with Gasteiger partial charge in [-0.15, -0.1) is 0 Å². The number of rotatable bonds is 16. The molecule has 0 aliphatic heterocycles. The largest absolute Gasteiger partial charge is 0.467 e. The first-order valence-electron chi connectivity index (χ1n) is 14.7. The van der Waals surface area contributed by atoms with Crippen LogP contribution in [0.5, 0.6) is 0 Å². The zero-order valence-electron chi connectivity index (χ0n) is 23.9. The van der Waals surface area contributed by atoms with Gasteiger partial charge in [0.15, 0.2) is 12.2 Å². The number of aliphatic hydroxyl groups is 1. The Morgan fingerprint density at radius 1 is 0.707 bits per heavy atom. The first-order chi connectivity index (χ1) is 20.0. The molecule has 0 saturated carbocycles. The molecule has 1 amide bonds. The highest BCUT2D eigenvalue weighted by molar-refractivity contribution is 5.88. The van der Waals surface area contributed by atoms with Crippen LogP contribution in [0.4, 0.5) is 0 Å². The third kappa shape index (κ3) is 9.13. The van der Waals surface area contributed by atoms with E-state index in [2.05, 4.69) is 76.8 Å². The molecule has 6 nitrogen and oxygen atoms in total. The number of carbonyl (C=O) groups is 2. The molecule has 2 N–H and O–H groups in total. The maximum absolute atomic E-state index is 12.8. The second kappa shape index (κ2) is 15.9. The lowest BCUT2D eigenvalue weighted by Gasteiger charge is -2.21. The van der Waals surface area contributed by atoms with Gasteiger partial charge >= 0.3 is 5.97 Å². The first-order valence-corrected chi connectivity index (χ1v) is 14.7. The van der Waals surface area contributed by atoms with Crippen molar-refractivity contribution in [3.05, 3.63) is 96.1 Å². The van der Waals surface area contributed by atoms with E-state index in [4.69, 9.17) is 4.74 Å². The minimum absolute atomic E-state index is 0.273. The number of benzene rings is 4. The van der Waals surface area contributed by atoms with Crippen molar-refractivity contribution in [1.29, 1.82) is 0 Å². The average molecular weight is 556 g/mol. The lowest BCUT2D eigenvalue weighted by molar-refractivity contribution is -0.165. The van der Waals surface area contributed by atoms with Crippen LogP contribution < -0.4 is 5.32 Å². The molecule has 41 heavy (non-hydrogen) atoms. The van der Waals surface area contributed by atoms with Gasteiger partial charge in [-0.1, -0.05) is 97.8 Å². The Morgan fingerprint density at radius 2 is 1.24 bits per heavy atom. The van der Waals surface area contributed by atoms with Crippen molar-refractivity contribution in [2.45, 2.75) is 63.6 Å². The monoisotopic (exact) mass is 555 g/mol. The predicted molar refractivity (Wildman–Crippen MR) is 164 cm³/mol. The fourth-order valence-electron chi connectivity index (χ4n) is 5.10. The summed E-state index contributed by atoms with van der Waals surface area (Å²) in [6, 6.07) is 29.8. The summed E-state index contributed by atoms with van der Waals surface area (Å²) in [6.45, 7) is 0.728. The molecule has 2 unspecified atom stereocenters. The zero-order chi connectivity index (χ0) is 28.9. The molecule has 0 aromatic heterocycles. The number of carbonyl (C=O) groups excluding carboxylic acids is 2. The van der Waals surface area contributed by atoms with Crippen LogP contribution in [-0.2, 0) is 31.9 Å². The van der Waals surface area contributed by atoms with Crippen molar-refractivity contribution >= 4 is 33.4 Å². The highest BCUT2D eigenvalue weighted by Crippen LogP contribution is 2.18.